The zero-order valence-electron chi connectivity index (χ0n) is 19.5. The van der Waals surface area contributed by atoms with Gasteiger partial charge in [0.15, 0.2) is 0 Å². The molecule has 0 saturated heterocycles. The summed E-state index contributed by atoms with van der Waals surface area (Å²) in [5.41, 5.74) is 3.07. The molecule has 1 N–H and O–H groups in total. The third-order valence-electron chi connectivity index (χ3n) is 5.49. The molecule has 3 aromatic carbocycles. The molecule has 0 aromatic heterocycles. The summed E-state index contributed by atoms with van der Waals surface area (Å²) in [7, 11) is 0. The van der Waals surface area contributed by atoms with E-state index in [0.29, 0.717) is 30.2 Å². The molecule has 34 heavy (non-hydrogen) atoms. The Hall–Kier alpha value is -2.76. The Morgan fingerprint density at radius 1 is 0.912 bits per heavy atom. The highest BCUT2D eigenvalue weighted by Crippen LogP contribution is 2.22. The fourth-order valence-corrected chi connectivity index (χ4v) is 4.81. The number of carbonyl (C=O) groups excluding carboxylic acids is 2. The van der Waals surface area contributed by atoms with E-state index >= 15 is 0 Å². The maximum absolute atomic E-state index is 13.5. The van der Waals surface area contributed by atoms with Crippen LogP contribution in [0, 0.1) is 0 Å². The second kappa shape index (κ2) is 13.8. The lowest BCUT2D eigenvalue weighted by Crippen LogP contribution is -2.50. The third-order valence-corrected chi connectivity index (χ3v) is 6.89. The first-order chi connectivity index (χ1) is 16.6. The first-order valence-electron chi connectivity index (χ1n) is 11.5. The average molecular weight is 495 g/mol. The van der Waals surface area contributed by atoms with Crippen molar-refractivity contribution < 1.29 is 9.59 Å². The molecule has 3 aromatic rings. The van der Waals surface area contributed by atoms with E-state index in [1.165, 1.54) is 5.56 Å². The molecular weight excluding hydrogens is 464 g/mol. The molecule has 0 aliphatic rings. The zero-order chi connectivity index (χ0) is 24.2. The number of nitrogens with zero attached hydrogens (tertiary/aromatic N) is 1. The number of hydrogen-bond donors (Lipinski definition) is 1. The van der Waals surface area contributed by atoms with Crippen molar-refractivity contribution in [3.05, 3.63) is 107 Å². The highest BCUT2D eigenvalue weighted by molar-refractivity contribution is 7.98. The van der Waals surface area contributed by atoms with E-state index in [9.17, 15) is 9.59 Å². The molecule has 0 aliphatic heterocycles. The van der Waals surface area contributed by atoms with Crippen molar-refractivity contribution in [3.63, 3.8) is 0 Å². The highest BCUT2D eigenvalue weighted by atomic mass is 35.5. The van der Waals surface area contributed by atoms with E-state index in [0.717, 1.165) is 16.9 Å². The molecule has 0 spiro atoms. The van der Waals surface area contributed by atoms with Gasteiger partial charge in [0.1, 0.15) is 6.04 Å². The normalized spacial score (nSPS) is 11.6. The van der Waals surface area contributed by atoms with Gasteiger partial charge in [0.05, 0.1) is 0 Å². The minimum Gasteiger partial charge on any atom is -0.355 e. The van der Waals surface area contributed by atoms with Crippen LogP contribution < -0.4 is 5.32 Å². The van der Waals surface area contributed by atoms with E-state index in [2.05, 4.69) is 17.4 Å². The topological polar surface area (TPSA) is 49.4 Å². The maximum atomic E-state index is 13.5. The van der Waals surface area contributed by atoms with Gasteiger partial charge in [-0.15, -0.1) is 0 Å². The molecule has 178 valence electrons. The summed E-state index contributed by atoms with van der Waals surface area (Å²) in [4.78, 5) is 28.3. The quantitative estimate of drug-likeness (QED) is 0.327. The van der Waals surface area contributed by atoms with Gasteiger partial charge in [-0.25, -0.2) is 0 Å². The molecular formula is C28H31ClN2O2S. The summed E-state index contributed by atoms with van der Waals surface area (Å²) < 4.78 is 0. The summed E-state index contributed by atoms with van der Waals surface area (Å²) in [6.07, 6.45) is 0.798. The fraction of sp³-hybridized carbons (Fsp3) is 0.286. The van der Waals surface area contributed by atoms with E-state index in [1.807, 2.05) is 79.7 Å². The van der Waals surface area contributed by atoms with Gasteiger partial charge in [-0.3, -0.25) is 9.59 Å². The smallest absolute Gasteiger partial charge is 0.243 e. The first-order valence-corrected chi connectivity index (χ1v) is 13.1. The molecule has 0 aliphatic carbocycles. The van der Waals surface area contributed by atoms with Crippen LogP contribution in [0.3, 0.4) is 0 Å². The minimum absolute atomic E-state index is 0.0485. The molecule has 3 rings (SSSR count). The van der Waals surface area contributed by atoms with Crippen molar-refractivity contribution in [1.29, 1.82) is 0 Å². The number of rotatable bonds is 12. The molecule has 2 amide bonds. The van der Waals surface area contributed by atoms with Crippen molar-refractivity contribution >= 4 is 35.2 Å². The van der Waals surface area contributed by atoms with Crippen LogP contribution in [-0.2, 0) is 28.3 Å². The number of benzene rings is 3. The van der Waals surface area contributed by atoms with Gasteiger partial charge < -0.3 is 10.2 Å². The fourth-order valence-electron chi connectivity index (χ4n) is 3.72. The largest absolute Gasteiger partial charge is 0.355 e. The van der Waals surface area contributed by atoms with E-state index in [-0.39, 0.29) is 18.4 Å². The van der Waals surface area contributed by atoms with Gasteiger partial charge in [0, 0.05) is 42.5 Å². The minimum atomic E-state index is -0.620. The average Bonchev–Trinajstić information content (AvgIpc) is 2.86. The van der Waals surface area contributed by atoms with E-state index < -0.39 is 6.04 Å². The van der Waals surface area contributed by atoms with Crippen LogP contribution in [0.5, 0.6) is 0 Å². The summed E-state index contributed by atoms with van der Waals surface area (Å²) in [5.74, 6) is 1.33. The monoisotopic (exact) mass is 494 g/mol. The number of nitrogens with one attached hydrogen (secondary N) is 1. The Labute approximate surface area is 211 Å². The first kappa shape index (κ1) is 25.9. The molecule has 0 fully saturated rings. The summed E-state index contributed by atoms with van der Waals surface area (Å²) in [6, 6.07) is 26.9. The number of amides is 2. The van der Waals surface area contributed by atoms with Gasteiger partial charge in [0.25, 0.3) is 0 Å². The number of halogens is 1. The van der Waals surface area contributed by atoms with Crippen LogP contribution >= 0.6 is 23.4 Å². The Morgan fingerprint density at radius 3 is 2.18 bits per heavy atom. The van der Waals surface area contributed by atoms with Crippen LogP contribution in [0.25, 0.3) is 0 Å². The van der Waals surface area contributed by atoms with Crippen LogP contribution in [-0.4, -0.2) is 35.1 Å². The number of carbonyl (C=O) groups is 2. The van der Waals surface area contributed by atoms with Crippen molar-refractivity contribution in [2.24, 2.45) is 0 Å². The van der Waals surface area contributed by atoms with Crippen LogP contribution in [0.1, 0.15) is 30.0 Å². The van der Waals surface area contributed by atoms with E-state index in [1.54, 1.807) is 16.7 Å². The van der Waals surface area contributed by atoms with Gasteiger partial charge in [0.2, 0.25) is 11.8 Å². The van der Waals surface area contributed by atoms with Crippen LogP contribution in [0.15, 0.2) is 84.9 Å². The number of hydrogen-bond acceptors (Lipinski definition) is 3. The predicted octanol–water partition coefficient (Wildman–Crippen LogP) is 5.74. The molecule has 4 nitrogen and oxygen atoms in total. The van der Waals surface area contributed by atoms with Gasteiger partial charge in [-0.05, 0) is 29.7 Å². The predicted molar refractivity (Wildman–Crippen MR) is 142 cm³/mol. The molecule has 0 heterocycles. The second-order valence-corrected chi connectivity index (χ2v) is 9.51. The van der Waals surface area contributed by atoms with Crippen molar-refractivity contribution in [2.45, 2.75) is 38.1 Å². The zero-order valence-corrected chi connectivity index (χ0v) is 21.0. The van der Waals surface area contributed by atoms with Gasteiger partial charge >= 0.3 is 0 Å². The third kappa shape index (κ3) is 7.93. The van der Waals surface area contributed by atoms with Crippen LogP contribution in [0.4, 0.5) is 0 Å². The molecule has 0 radical (unpaired) electrons. The van der Waals surface area contributed by atoms with Crippen molar-refractivity contribution in [2.75, 3.05) is 12.3 Å². The Morgan fingerprint density at radius 2 is 1.53 bits per heavy atom. The summed E-state index contributed by atoms with van der Waals surface area (Å²) in [5, 5.41) is 3.51. The Kier molecular flexibility index (Phi) is 10.5. The summed E-state index contributed by atoms with van der Waals surface area (Å²) in [6.45, 7) is 2.68. The van der Waals surface area contributed by atoms with E-state index in [4.69, 9.17) is 11.6 Å². The molecule has 0 saturated carbocycles. The Bertz CT molecular complexity index is 1050. The molecule has 6 heteroatoms. The number of thioether (sulfide) groups is 1. The van der Waals surface area contributed by atoms with Gasteiger partial charge in [-0.2, -0.15) is 11.8 Å². The van der Waals surface area contributed by atoms with Crippen LogP contribution in [0.2, 0.25) is 5.02 Å². The van der Waals surface area contributed by atoms with Gasteiger partial charge in [-0.1, -0.05) is 90.5 Å². The molecule has 0 unspecified atom stereocenters. The standard InChI is InChI=1S/C28H31ClN2O2S/c1-2-30-28(33)26(19-22-11-5-3-6-12-22)31(20-24-15-9-10-16-25(24)29)27(32)17-18-34-21-23-13-7-4-8-14-23/h3-16,26H,2,17-21H2,1H3,(H,30,33)/t26-/m1/s1. The number of likely N-dealkylation sites (N-methyl/N-ethyl adjacent to an activating group) is 1. The maximum Gasteiger partial charge on any atom is 0.243 e. The van der Waals surface area contributed by atoms with Crippen molar-refractivity contribution in [3.8, 4) is 0 Å². The lowest BCUT2D eigenvalue weighted by atomic mass is 10.0. The lowest BCUT2D eigenvalue weighted by molar-refractivity contribution is -0.140. The lowest BCUT2D eigenvalue weighted by Gasteiger charge is -2.31. The summed E-state index contributed by atoms with van der Waals surface area (Å²) >= 11 is 8.15. The second-order valence-electron chi connectivity index (χ2n) is 8.00. The SMILES string of the molecule is CCNC(=O)[C@@H](Cc1ccccc1)N(Cc1ccccc1Cl)C(=O)CCSCc1ccccc1. The van der Waals surface area contributed by atoms with Crippen molar-refractivity contribution in [1.82, 2.24) is 10.2 Å². The molecule has 1 atom stereocenters. The molecule has 0 bridgehead atoms. The highest BCUT2D eigenvalue weighted by Gasteiger charge is 2.30. The Balaban J connectivity index is 1.78.